The van der Waals surface area contributed by atoms with Gasteiger partial charge >= 0.3 is 0 Å². The average Bonchev–Trinajstić information content (AvgIpc) is 2.56. The Morgan fingerprint density at radius 3 is 2.04 bits per heavy atom. The zero-order valence-electron chi connectivity index (χ0n) is 13.8. The van der Waals surface area contributed by atoms with Crippen LogP contribution in [0.1, 0.15) is 32.7 Å². The van der Waals surface area contributed by atoms with Gasteiger partial charge in [-0.25, -0.2) is 9.13 Å². The van der Waals surface area contributed by atoms with Crippen LogP contribution in [0.25, 0.3) is 0 Å². The van der Waals surface area contributed by atoms with E-state index in [0.29, 0.717) is 6.54 Å². The average molecular weight is 489 g/mol. The lowest BCUT2D eigenvalue weighted by Crippen LogP contribution is -3.00. The van der Waals surface area contributed by atoms with Gasteiger partial charge in [0.25, 0.3) is 5.91 Å². The molecule has 0 aliphatic rings. The van der Waals surface area contributed by atoms with E-state index in [4.69, 9.17) is 16.7 Å². The first-order valence-electron chi connectivity index (χ1n) is 7.30. The summed E-state index contributed by atoms with van der Waals surface area (Å²) in [5, 5.41) is 11.4. The largest absolute Gasteiger partial charge is 1.00 e. The number of nitrogens with zero attached hydrogens (tertiary/aromatic N) is 3. The molecule has 0 radical (unpaired) electrons. The van der Waals surface area contributed by atoms with Gasteiger partial charge in [0.2, 0.25) is 5.91 Å². The number of carbonyl (C=O) groups is 2. The number of aryl methyl sites for hydroxylation is 2. The van der Waals surface area contributed by atoms with Crippen molar-refractivity contribution in [3.63, 3.8) is 0 Å². The summed E-state index contributed by atoms with van der Waals surface area (Å²) in [6.07, 6.45) is 9.15. The smallest absolute Gasteiger partial charge is 0.255 e. The van der Waals surface area contributed by atoms with Crippen molar-refractivity contribution >= 4 is 18.0 Å². The number of primary amides is 2. The molecule has 8 nitrogen and oxygen atoms in total. The molecule has 0 unspecified atom stereocenters. The molecule has 2 aromatic rings. The van der Waals surface area contributed by atoms with Crippen LogP contribution in [0.5, 0.6) is 0 Å². The molecule has 0 saturated carbocycles. The van der Waals surface area contributed by atoms with E-state index in [-0.39, 0.29) is 45.1 Å². The summed E-state index contributed by atoms with van der Waals surface area (Å²) in [7, 11) is 0. The van der Waals surface area contributed by atoms with Crippen LogP contribution < -0.4 is 54.6 Å². The lowest BCUT2D eigenvalue weighted by molar-refractivity contribution is -0.727. The zero-order chi connectivity index (χ0) is 17.5. The highest BCUT2D eigenvalue weighted by atomic mass is 79.9. The number of pyridine rings is 2. The number of rotatable bonds is 7. The van der Waals surface area contributed by atoms with Crippen molar-refractivity contribution < 1.29 is 57.9 Å². The molecule has 140 valence electrons. The van der Waals surface area contributed by atoms with E-state index in [1.165, 1.54) is 18.5 Å². The van der Waals surface area contributed by atoms with E-state index in [1.807, 2.05) is 29.1 Å². The van der Waals surface area contributed by atoms with Crippen LogP contribution in [-0.4, -0.2) is 23.2 Å². The molecule has 5 N–H and O–H groups in total. The first-order chi connectivity index (χ1) is 11.5. The Bertz CT molecular complexity index is 782. The van der Waals surface area contributed by atoms with Crippen LogP contribution in [0.3, 0.4) is 0 Å². The molecule has 26 heavy (non-hydrogen) atoms. The second kappa shape index (κ2) is 11.3. The lowest BCUT2D eigenvalue weighted by atomic mass is 10.1. The van der Waals surface area contributed by atoms with Crippen LogP contribution >= 0.6 is 0 Å². The zero-order valence-corrected chi connectivity index (χ0v) is 16.9. The third-order valence-electron chi connectivity index (χ3n) is 3.51. The van der Waals surface area contributed by atoms with Gasteiger partial charge in [0, 0.05) is 23.8 Å². The maximum atomic E-state index is 11.4. The van der Waals surface area contributed by atoms with Gasteiger partial charge < -0.3 is 50.6 Å². The highest BCUT2D eigenvalue weighted by Gasteiger charge is 2.17. The van der Waals surface area contributed by atoms with Gasteiger partial charge in [-0.2, -0.15) is 0 Å². The third kappa shape index (κ3) is 6.52. The van der Waals surface area contributed by atoms with E-state index in [2.05, 4.69) is 5.16 Å². The van der Waals surface area contributed by atoms with Crippen molar-refractivity contribution in [3.05, 3.63) is 59.7 Å². The minimum atomic E-state index is -0.686. The van der Waals surface area contributed by atoms with Gasteiger partial charge in [0.15, 0.2) is 37.9 Å². The monoisotopic (exact) mass is 487 g/mol. The number of amides is 2. The quantitative estimate of drug-likeness (QED) is 0.155. The number of carbonyl (C=O) groups excluding carboxylic acids is 2. The molecule has 2 amide bonds. The molecule has 0 bridgehead atoms. The Morgan fingerprint density at radius 2 is 1.50 bits per heavy atom. The predicted molar refractivity (Wildman–Crippen MR) is 84.3 cm³/mol. The van der Waals surface area contributed by atoms with Crippen molar-refractivity contribution in [2.45, 2.75) is 19.5 Å². The molecular weight excluding hydrogens is 470 g/mol. The standard InChI is InChI=1S/C16H17N5O3.2BrH/c17-15(22)13-4-9-21(11-14(13)16(18)23)6-1-5-20-7-2-12(3-8-20)10-19-24;;/h2-4,7-11H,1,5-6H2,(H3-,17,18,22,23);2*1H. The fourth-order valence-corrected chi connectivity index (χ4v) is 2.30. The third-order valence-corrected chi connectivity index (χ3v) is 3.51. The molecule has 2 rings (SSSR count). The summed E-state index contributed by atoms with van der Waals surface area (Å²) < 4.78 is 3.78. The number of oxime groups is 1. The highest BCUT2D eigenvalue weighted by Crippen LogP contribution is 2.04. The molecule has 10 heteroatoms. The van der Waals surface area contributed by atoms with Crippen LogP contribution in [0.15, 0.2) is 48.1 Å². The second-order valence-electron chi connectivity index (χ2n) is 5.21. The van der Waals surface area contributed by atoms with E-state index in [0.717, 1.165) is 18.5 Å². The first kappa shape index (κ1) is 23.7. The number of halogens is 2. The molecule has 2 aromatic heterocycles. The second-order valence-corrected chi connectivity index (χ2v) is 5.21. The van der Waals surface area contributed by atoms with Crippen LogP contribution in [0, 0.1) is 0 Å². The number of hydrogen-bond donors (Lipinski definition) is 3. The summed E-state index contributed by atoms with van der Waals surface area (Å²) in [6, 6.07) is 5.16. The van der Waals surface area contributed by atoms with Crippen molar-refractivity contribution in [3.8, 4) is 0 Å². The molecule has 0 atom stereocenters. The molecule has 0 aromatic carbocycles. The van der Waals surface area contributed by atoms with Crippen LogP contribution in [-0.2, 0) is 13.1 Å². The van der Waals surface area contributed by atoms with E-state index >= 15 is 0 Å². The fourth-order valence-electron chi connectivity index (χ4n) is 2.30. The Kier molecular flexibility index (Phi) is 10.3. The summed E-state index contributed by atoms with van der Waals surface area (Å²) in [5.41, 5.74) is 11.6. The first-order valence-corrected chi connectivity index (χ1v) is 7.30. The van der Waals surface area contributed by atoms with Crippen molar-refractivity contribution in [2.24, 2.45) is 16.6 Å². The Hall–Kier alpha value is -2.33. The normalized spacial score (nSPS) is 10.0. The van der Waals surface area contributed by atoms with Gasteiger partial charge in [-0.15, -0.1) is 0 Å². The minimum absolute atomic E-state index is 0. The molecule has 0 fully saturated rings. The van der Waals surface area contributed by atoms with Gasteiger partial charge in [0.05, 0.1) is 18.2 Å². The SMILES string of the molecule is NC(=O)c1cc[n+](CCC[n+]2ccc(/C=N/O)cc2)cc1C(N)=O.[Br-].[Br-]. The Morgan fingerprint density at radius 1 is 0.962 bits per heavy atom. The van der Waals surface area contributed by atoms with Crippen molar-refractivity contribution in [1.82, 2.24) is 0 Å². The van der Waals surface area contributed by atoms with Gasteiger partial charge in [-0.1, -0.05) is 5.16 Å². The number of nitrogens with two attached hydrogens (primary N) is 2. The lowest BCUT2D eigenvalue weighted by Gasteiger charge is -2.02. The summed E-state index contributed by atoms with van der Waals surface area (Å²) in [4.78, 5) is 22.7. The predicted octanol–water partition coefficient (Wildman–Crippen LogP) is -6.63. The number of hydrogen-bond acceptors (Lipinski definition) is 4. The van der Waals surface area contributed by atoms with E-state index in [1.54, 1.807) is 10.8 Å². The highest BCUT2D eigenvalue weighted by molar-refractivity contribution is 6.05. The fraction of sp³-hybridized carbons (Fsp3) is 0.188. The summed E-state index contributed by atoms with van der Waals surface area (Å²) >= 11 is 0. The topological polar surface area (TPSA) is 127 Å². The Balaban J connectivity index is 0.00000312. The molecule has 0 aliphatic carbocycles. The van der Waals surface area contributed by atoms with Gasteiger partial charge in [0.1, 0.15) is 5.56 Å². The van der Waals surface area contributed by atoms with Crippen LogP contribution in [0.4, 0.5) is 0 Å². The minimum Gasteiger partial charge on any atom is -1.00 e. The molecular formula is C16H19Br2N5O3. The van der Waals surface area contributed by atoms with Gasteiger partial charge in [-0.05, 0) is 0 Å². The van der Waals surface area contributed by atoms with Crippen LogP contribution in [0.2, 0.25) is 0 Å². The van der Waals surface area contributed by atoms with E-state index in [9.17, 15) is 9.59 Å². The summed E-state index contributed by atoms with van der Waals surface area (Å²) in [5.74, 6) is -1.37. The van der Waals surface area contributed by atoms with Crippen molar-refractivity contribution in [2.75, 3.05) is 0 Å². The van der Waals surface area contributed by atoms with E-state index < -0.39 is 11.8 Å². The molecule has 2 heterocycles. The maximum Gasteiger partial charge on any atom is 0.255 e. The maximum absolute atomic E-state index is 11.4. The molecule has 0 saturated heterocycles. The van der Waals surface area contributed by atoms with Gasteiger partial charge in [-0.3, -0.25) is 9.59 Å². The Labute approximate surface area is 171 Å². The molecule has 0 spiro atoms. The van der Waals surface area contributed by atoms with Crippen molar-refractivity contribution in [1.29, 1.82) is 0 Å². The summed E-state index contributed by atoms with van der Waals surface area (Å²) in [6.45, 7) is 1.40. The molecule has 0 aliphatic heterocycles. The number of aromatic nitrogens is 2.